The number of carbonyl (C=O) groups is 4. The number of rotatable bonds is 4. The predicted molar refractivity (Wildman–Crippen MR) is 168 cm³/mol. The molecule has 0 unspecified atom stereocenters. The smallest absolute Gasteiger partial charge is 0.323 e. The number of nitrogens with one attached hydrogen (secondary N) is 2. The Kier molecular flexibility index (Phi) is 7.79. The summed E-state index contributed by atoms with van der Waals surface area (Å²) >= 11 is 0. The van der Waals surface area contributed by atoms with Crippen LogP contribution in [0.15, 0.2) is 47.2 Å². The van der Waals surface area contributed by atoms with E-state index in [1.54, 1.807) is 6.07 Å². The van der Waals surface area contributed by atoms with E-state index in [9.17, 15) is 44.7 Å². The summed E-state index contributed by atoms with van der Waals surface area (Å²) in [6, 6.07) is 6.22. The number of aryl methyl sites for hydroxylation is 1. The Morgan fingerprint density at radius 1 is 1.00 bits per heavy atom. The summed E-state index contributed by atoms with van der Waals surface area (Å²) in [5, 5.41) is 62.2. The number of likely N-dealkylation sites (N-methyl/N-ethyl adjacent to an activating group) is 1. The molecule has 243 valence electrons. The lowest BCUT2D eigenvalue weighted by atomic mass is 9.56. The Hall–Kier alpha value is -4.72. The molecule has 13 heteroatoms. The SMILES string of the molecule is Cc1ccc(NC(=O)Nc2ccc3c(c2O)C(O)=C2C(=O)[C@@]4(O)C(O)=C(C(N)=O)C(=O)[C@H](N(C)C)[C@H]4[C@H](O)[C@H]2[CH]3)c(C(C)(C)C)c1. The van der Waals surface area contributed by atoms with Gasteiger partial charge in [-0.3, -0.25) is 19.3 Å². The number of anilines is 2. The van der Waals surface area contributed by atoms with E-state index in [0.717, 1.165) is 11.1 Å². The number of phenols is 1. The summed E-state index contributed by atoms with van der Waals surface area (Å²) in [4.78, 5) is 53.7. The zero-order valence-corrected chi connectivity index (χ0v) is 26.2. The number of nitrogens with zero attached hydrogens (tertiary/aromatic N) is 1. The summed E-state index contributed by atoms with van der Waals surface area (Å²) in [6.45, 7) is 7.93. The number of aromatic hydroxyl groups is 1. The van der Waals surface area contributed by atoms with Crippen molar-refractivity contribution < 1.29 is 44.7 Å². The Labute approximate surface area is 265 Å². The van der Waals surface area contributed by atoms with E-state index in [2.05, 4.69) is 10.6 Å². The minimum Gasteiger partial charge on any atom is -0.508 e. The summed E-state index contributed by atoms with van der Waals surface area (Å²) in [6.07, 6.45) is -0.363. The van der Waals surface area contributed by atoms with Crippen LogP contribution >= 0.6 is 0 Å². The average Bonchev–Trinajstić information content (AvgIpc) is 2.94. The van der Waals surface area contributed by atoms with E-state index in [1.165, 1.54) is 37.5 Å². The van der Waals surface area contributed by atoms with E-state index in [-0.39, 0.29) is 22.2 Å². The number of nitrogens with two attached hydrogens (primary N) is 1. The second-order valence-electron chi connectivity index (χ2n) is 13.2. The monoisotopic (exact) mass is 633 g/mol. The fraction of sp³-hybridized carbons (Fsp3) is 0.364. The van der Waals surface area contributed by atoms with Crippen molar-refractivity contribution in [3.05, 3.63) is 75.9 Å². The van der Waals surface area contributed by atoms with Crippen LogP contribution in [-0.4, -0.2) is 85.8 Å². The molecule has 1 saturated carbocycles. The topological polar surface area (TPSA) is 223 Å². The van der Waals surface area contributed by atoms with Crippen LogP contribution in [-0.2, 0) is 19.8 Å². The number of urea groups is 1. The molecular formula is C33H37N4O9. The lowest BCUT2D eigenvalue weighted by Gasteiger charge is -2.52. The number of benzene rings is 2. The summed E-state index contributed by atoms with van der Waals surface area (Å²) in [5.41, 5.74) is 2.63. The van der Waals surface area contributed by atoms with Crippen LogP contribution in [0.3, 0.4) is 0 Å². The van der Waals surface area contributed by atoms with Crippen molar-refractivity contribution in [3.63, 3.8) is 0 Å². The van der Waals surface area contributed by atoms with Gasteiger partial charge in [0, 0.05) is 23.6 Å². The number of hydrogen-bond donors (Lipinski definition) is 8. The van der Waals surface area contributed by atoms with E-state index in [4.69, 9.17) is 5.73 Å². The van der Waals surface area contributed by atoms with Crippen LogP contribution in [0.5, 0.6) is 5.75 Å². The molecule has 13 nitrogen and oxygen atoms in total. The molecule has 0 saturated heterocycles. The largest absolute Gasteiger partial charge is 0.508 e. The summed E-state index contributed by atoms with van der Waals surface area (Å²) < 4.78 is 0. The number of phenolic OH excluding ortho intramolecular Hbond substituents is 1. The van der Waals surface area contributed by atoms with Gasteiger partial charge in [0.15, 0.2) is 11.4 Å². The number of aliphatic hydroxyl groups is 4. The summed E-state index contributed by atoms with van der Waals surface area (Å²) in [5.74, 6) is -9.42. The van der Waals surface area contributed by atoms with Gasteiger partial charge in [-0.1, -0.05) is 44.5 Å². The highest BCUT2D eigenvalue weighted by Gasteiger charge is 2.67. The molecule has 5 rings (SSSR count). The maximum absolute atomic E-state index is 14.0. The van der Waals surface area contributed by atoms with E-state index < -0.39 is 81.5 Å². The van der Waals surface area contributed by atoms with Crippen molar-refractivity contribution in [3.8, 4) is 5.75 Å². The maximum Gasteiger partial charge on any atom is 0.323 e. The van der Waals surface area contributed by atoms with Gasteiger partial charge < -0.3 is 41.9 Å². The van der Waals surface area contributed by atoms with Gasteiger partial charge in [-0.05, 0) is 49.7 Å². The molecule has 3 aliphatic rings. The second-order valence-corrected chi connectivity index (χ2v) is 13.2. The number of fused-ring (bicyclic) bond motifs is 3. The average molecular weight is 634 g/mol. The first-order valence-electron chi connectivity index (χ1n) is 14.5. The van der Waals surface area contributed by atoms with Gasteiger partial charge in [0.25, 0.3) is 5.91 Å². The highest BCUT2D eigenvalue weighted by atomic mass is 16.4. The molecule has 3 amide bonds. The molecule has 9 N–H and O–H groups in total. The number of carbonyl (C=O) groups excluding carboxylic acids is 4. The first kappa shape index (κ1) is 32.7. The first-order chi connectivity index (χ1) is 21.3. The normalized spacial score (nSPS) is 26.0. The van der Waals surface area contributed by atoms with E-state index in [0.29, 0.717) is 5.69 Å². The van der Waals surface area contributed by atoms with Crippen LogP contribution in [0, 0.1) is 25.2 Å². The molecule has 0 heterocycles. The van der Waals surface area contributed by atoms with Crippen molar-refractivity contribution in [2.45, 2.75) is 50.9 Å². The summed E-state index contributed by atoms with van der Waals surface area (Å²) in [7, 11) is 2.85. The highest BCUT2D eigenvalue weighted by molar-refractivity contribution is 6.24. The zero-order chi connectivity index (χ0) is 34.2. The lowest BCUT2D eigenvalue weighted by Crippen LogP contribution is -2.70. The molecule has 2 aromatic rings. The zero-order valence-electron chi connectivity index (χ0n) is 26.2. The number of Topliss-reactive ketones (excluding diaryl/α,β-unsaturated/α-hetero) is 2. The number of primary amides is 1. The minimum atomic E-state index is -3.03. The molecule has 0 bridgehead atoms. The standard InChI is InChI=1S/C33H37N4O9/c1-13-7-9-17(16(11-13)32(2,3)4)35-31(45)36-18-10-8-14-12-15-20(26(40)19(14)25(18)39)28(42)33(46)22(24(15)38)23(37(5)6)27(41)21(29(33)43)30(34)44/h7-12,15,22-24,38-40,43,46H,1-6H3,(H2,34,44)(H2,35,36,45)/t15-,22-,23+,24+,33+/m0/s1. The van der Waals surface area contributed by atoms with Gasteiger partial charge in [0.05, 0.1) is 29.3 Å². The maximum atomic E-state index is 14.0. The first-order valence-corrected chi connectivity index (χ1v) is 14.5. The molecular weight excluding hydrogens is 596 g/mol. The van der Waals surface area contributed by atoms with Gasteiger partial charge in [0.1, 0.15) is 22.8 Å². The fourth-order valence-corrected chi connectivity index (χ4v) is 6.78. The van der Waals surface area contributed by atoms with Gasteiger partial charge >= 0.3 is 6.03 Å². The van der Waals surface area contributed by atoms with Crippen molar-refractivity contribution in [2.24, 2.45) is 17.6 Å². The molecule has 3 aliphatic carbocycles. The molecule has 2 aromatic carbocycles. The number of amides is 3. The Morgan fingerprint density at radius 3 is 2.20 bits per heavy atom. The predicted octanol–water partition coefficient (Wildman–Crippen LogP) is 2.19. The van der Waals surface area contributed by atoms with Gasteiger partial charge in [-0.25, -0.2) is 4.79 Å². The molecule has 46 heavy (non-hydrogen) atoms. The van der Waals surface area contributed by atoms with Crippen molar-refractivity contribution in [2.75, 3.05) is 24.7 Å². The van der Waals surface area contributed by atoms with Gasteiger partial charge in [0.2, 0.25) is 5.78 Å². The number of ketones is 2. The third-order valence-electron chi connectivity index (χ3n) is 8.94. The molecule has 1 radical (unpaired) electrons. The third kappa shape index (κ3) is 4.82. The van der Waals surface area contributed by atoms with Crippen LogP contribution < -0.4 is 16.4 Å². The van der Waals surface area contributed by atoms with Crippen molar-refractivity contribution >= 4 is 40.6 Å². The quantitative estimate of drug-likeness (QED) is 0.181. The van der Waals surface area contributed by atoms with Crippen LogP contribution in [0.2, 0.25) is 0 Å². The number of aliphatic hydroxyl groups excluding tert-OH is 3. The van der Waals surface area contributed by atoms with Crippen molar-refractivity contribution in [1.82, 2.24) is 4.90 Å². The highest BCUT2D eigenvalue weighted by Crippen LogP contribution is 2.53. The molecule has 0 spiro atoms. The Balaban J connectivity index is 1.56. The van der Waals surface area contributed by atoms with Crippen molar-refractivity contribution in [1.29, 1.82) is 0 Å². The van der Waals surface area contributed by atoms with Gasteiger partial charge in [-0.15, -0.1) is 0 Å². The minimum absolute atomic E-state index is 0.130. The van der Waals surface area contributed by atoms with Crippen LogP contribution in [0.1, 0.15) is 43.0 Å². The van der Waals surface area contributed by atoms with E-state index in [1.807, 2.05) is 39.8 Å². The molecule has 0 aromatic heterocycles. The van der Waals surface area contributed by atoms with Crippen LogP contribution in [0.4, 0.5) is 16.2 Å². The number of hydrogen-bond acceptors (Lipinski definition) is 10. The van der Waals surface area contributed by atoms with E-state index >= 15 is 0 Å². The molecule has 5 atom stereocenters. The Morgan fingerprint density at radius 2 is 1.61 bits per heavy atom. The molecule has 0 aliphatic heterocycles. The lowest BCUT2D eigenvalue weighted by molar-refractivity contribution is -0.167. The second kappa shape index (κ2) is 11.0. The fourth-order valence-electron chi connectivity index (χ4n) is 6.78. The molecule has 1 fully saturated rings. The third-order valence-corrected chi connectivity index (χ3v) is 8.94. The van der Waals surface area contributed by atoms with Crippen LogP contribution in [0.25, 0.3) is 5.76 Å². The Bertz CT molecular complexity index is 1770. The van der Waals surface area contributed by atoms with Gasteiger partial charge in [-0.2, -0.15) is 0 Å².